The first-order valence-corrected chi connectivity index (χ1v) is 11.2. The van der Waals surface area contributed by atoms with Gasteiger partial charge in [-0.3, -0.25) is 9.79 Å². The van der Waals surface area contributed by atoms with Gasteiger partial charge in [-0.1, -0.05) is 18.5 Å². The maximum absolute atomic E-state index is 12.4. The van der Waals surface area contributed by atoms with Crippen molar-refractivity contribution in [3.05, 3.63) is 23.2 Å². The second-order valence-corrected chi connectivity index (χ2v) is 8.66. The molecule has 2 heterocycles. The number of guanidine groups is 1. The summed E-state index contributed by atoms with van der Waals surface area (Å²) >= 11 is 6.18. The van der Waals surface area contributed by atoms with E-state index in [1.807, 2.05) is 23.1 Å². The number of halogens is 1. The number of carbonyl (C=O) groups excluding carboxylic acids is 1. The first-order chi connectivity index (χ1) is 14.5. The fourth-order valence-corrected chi connectivity index (χ4v) is 4.42. The Labute approximate surface area is 184 Å². The quantitative estimate of drug-likeness (QED) is 0.531. The number of anilines is 1. The molecule has 2 N–H and O–H groups in total. The van der Waals surface area contributed by atoms with Crippen LogP contribution in [0.2, 0.25) is 5.02 Å². The Balaban J connectivity index is 1.45. The van der Waals surface area contributed by atoms with Gasteiger partial charge >= 0.3 is 0 Å². The van der Waals surface area contributed by atoms with Crippen molar-refractivity contribution in [2.45, 2.75) is 38.6 Å². The Morgan fingerprint density at radius 3 is 2.87 bits per heavy atom. The highest BCUT2D eigenvalue weighted by atomic mass is 35.5. The highest BCUT2D eigenvalue weighted by Gasteiger charge is 2.26. The lowest BCUT2D eigenvalue weighted by Gasteiger charge is -2.31. The van der Waals surface area contributed by atoms with Crippen LogP contribution >= 0.6 is 11.6 Å². The molecule has 0 spiro atoms. The zero-order chi connectivity index (χ0) is 21.5. The molecule has 1 aromatic carbocycles. The molecule has 166 valence electrons. The largest absolute Gasteiger partial charge is 0.495 e. The van der Waals surface area contributed by atoms with Gasteiger partial charge in [0.2, 0.25) is 5.91 Å². The molecule has 3 rings (SSSR count). The van der Waals surface area contributed by atoms with E-state index in [9.17, 15) is 4.79 Å². The smallest absolute Gasteiger partial charge is 0.224 e. The molecule has 2 aliphatic heterocycles. The zero-order valence-corrected chi connectivity index (χ0v) is 19.0. The summed E-state index contributed by atoms with van der Waals surface area (Å²) in [6, 6.07) is 5.95. The molecule has 2 fully saturated rings. The number of amides is 1. The van der Waals surface area contributed by atoms with E-state index in [0.29, 0.717) is 23.9 Å². The molecule has 0 aromatic heterocycles. The Bertz CT molecular complexity index is 757. The first-order valence-electron chi connectivity index (χ1n) is 10.8. The van der Waals surface area contributed by atoms with Crippen LogP contribution < -0.4 is 20.3 Å². The van der Waals surface area contributed by atoms with Crippen molar-refractivity contribution in [1.29, 1.82) is 0 Å². The number of ether oxygens (including phenoxy) is 1. The number of nitrogens with zero attached hydrogens (tertiary/aromatic N) is 3. The minimum atomic E-state index is 0.226. The summed E-state index contributed by atoms with van der Waals surface area (Å²) in [6.07, 6.45) is 3.81. The van der Waals surface area contributed by atoms with E-state index >= 15 is 0 Å². The number of rotatable bonds is 6. The lowest BCUT2D eigenvalue weighted by molar-refractivity contribution is -0.132. The lowest BCUT2D eigenvalue weighted by atomic mass is 10.00. The number of hydrogen-bond acceptors (Lipinski definition) is 4. The van der Waals surface area contributed by atoms with Crippen molar-refractivity contribution >= 4 is 29.2 Å². The minimum absolute atomic E-state index is 0.226. The maximum atomic E-state index is 12.4. The predicted molar refractivity (Wildman–Crippen MR) is 123 cm³/mol. The van der Waals surface area contributed by atoms with Gasteiger partial charge in [-0.25, -0.2) is 0 Å². The van der Waals surface area contributed by atoms with Crippen LogP contribution in [0, 0.1) is 5.92 Å². The summed E-state index contributed by atoms with van der Waals surface area (Å²) in [7, 11) is 3.44. The Morgan fingerprint density at radius 2 is 2.13 bits per heavy atom. The molecule has 1 amide bonds. The molecular formula is C22H34ClN5O2. The molecule has 0 bridgehead atoms. The number of likely N-dealkylation sites (tertiary alicyclic amines) is 1. The summed E-state index contributed by atoms with van der Waals surface area (Å²) in [5.74, 6) is 2.39. The normalized spacial score (nSPS) is 22.2. The third-order valence-electron chi connectivity index (χ3n) is 5.88. The number of methoxy groups -OCH3 is 1. The summed E-state index contributed by atoms with van der Waals surface area (Å²) < 4.78 is 5.49. The van der Waals surface area contributed by atoms with Crippen molar-refractivity contribution in [2.75, 3.05) is 51.8 Å². The van der Waals surface area contributed by atoms with E-state index < -0.39 is 0 Å². The number of aliphatic imine (C=N–C) groups is 1. The van der Waals surface area contributed by atoms with Gasteiger partial charge in [-0.05, 0) is 43.4 Å². The number of benzene rings is 1. The van der Waals surface area contributed by atoms with Crippen LogP contribution in [0.15, 0.2) is 23.2 Å². The molecule has 30 heavy (non-hydrogen) atoms. The molecule has 2 atom stereocenters. The van der Waals surface area contributed by atoms with E-state index in [1.54, 1.807) is 14.2 Å². The average Bonchev–Trinajstić information content (AvgIpc) is 3.21. The predicted octanol–water partition coefficient (Wildman–Crippen LogP) is 2.74. The summed E-state index contributed by atoms with van der Waals surface area (Å²) in [5.41, 5.74) is 1.01. The SMILES string of the molecule is CN=C(NCCC(=O)N1CCCC(C)C1)NC1CCN(c2cc(Cl)ccc2OC)C1. The topological polar surface area (TPSA) is 69.2 Å². The second kappa shape index (κ2) is 10.8. The van der Waals surface area contributed by atoms with Crippen molar-refractivity contribution in [3.8, 4) is 5.75 Å². The van der Waals surface area contributed by atoms with Gasteiger partial charge in [0.15, 0.2) is 5.96 Å². The van der Waals surface area contributed by atoms with Crippen LogP contribution in [0.5, 0.6) is 5.75 Å². The van der Waals surface area contributed by atoms with Crippen LogP contribution in [0.4, 0.5) is 5.69 Å². The van der Waals surface area contributed by atoms with Crippen molar-refractivity contribution in [1.82, 2.24) is 15.5 Å². The Morgan fingerprint density at radius 1 is 1.30 bits per heavy atom. The average molecular weight is 436 g/mol. The van der Waals surface area contributed by atoms with E-state index in [1.165, 1.54) is 6.42 Å². The van der Waals surface area contributed by atoms with Crippen molar-refractivity contribution < 1.29 is 9.53 Å². The molecule has 0 aliphatic carbocycles. The van der Waals surface area contributed by atoms with Crippen LogP contribution in [-0.2, 0) is 4.79 Å². The van der Waals surface area contributed by atoms with Gasteiger partial charge < -0.3 is 25.2 Å². The van der Waals surface area contributed by atoms with Crippen LogP contribution in [0.3, 0.4) is 0 Å². The maximum Gasteiger partial charge on any atom is 0.224 e. The van der Waals surface area contributed by atoms with Gasteiger partial charge in [0, 0.05) is 57.3 Å². The van der Waals surface area contributed by atoms with Crippen LogP contribution in [0.25, 0.3) is 0 Å². The Kier molecular flexibility index (Phi) is 8.08. The van der Waals surface area contributed by atoms with E-state index in [-0.39, 0.29) is 11.9 Å². The standard InChI is InChI=1S/C22H34ClN5O2/c1-16-5-4-11-28(14-16)21(29)8-10-25-22(24-2)26-18-9-12-27(15-18)19-13-17(23)6-7-20(19)30-3/h6-7,13,16,18H,4-5,8-12,14-15H2,1-3H3,(H2,24,25,26). The number of piperidine rings is 1. The monoisotopic (exact) mass is 435 g/mol. The van der Waals surface area contributed by atoms with Gasteiger partial charge in [0.1, 0.15) is 5.75 Å². The van der Waals surface area contributed by atoms with Gasteiger partial charge in [-0.15, -0.1) is 0 Å². The zero-order valence-electron chi connectivity index (χ0n) is 18.3. The lowest BCUT2D eigenvalue weighted by Crippen LogP contribution is -2.46. The number of nitrogens with one attached hydrogen (secondary N) is 2. The van der Waals surface area contributed by atoms with Crippen molar-refractivity contribution in [2.24, 2.45) is 10.9 Å². The van der Waals surface area contributed by atoms with Gasteiger partial charge in [0.25, 0.3) is 0 Å². The molecule has 2 unspecified atom stereocenters. The molecule has 2 aliphatic rings. The van der Waals surface area contributed by atoms with Gasteiger partial charge in [-0.2, -0.15) is 0 Å². The number of hydrogen-bond donors (Lipinski definition) is 2. The molecule has 0 radical (unpaired) electrons. The highest BCUT2D eigenvalue weighted by Crippen LogP contribution is 2.33. The summed E-state index contributed by atoms with van der Waals surface area (Å²) in [5, 5.41) is 7.47. The third-order valence-corrected chi connectivity index (χ3v) is 6.11. The fourth-order valence-electron chi connectivity index (χ4n) is 4.26. The fraction of sp³-hybridized carbons (Fsp3) is 0.636. The molecule has 7 nitrogen and oxygen atoms in total. The minimum Gasteiger partial charge on any atom is -0.495 e. The van der Waals surface area contributed by atoms with Gasteiger partial charge in [0.05, 0.1) is 12.8 Å². The summed E-state index contributed by atoms with van der Waals surface area (Å²) in [6.45, 7) is 6.33. The molecule has 2 saturated heterocycles. The number of carbonyl (C=O) groups is 1. The van der Waals surface area contributed by atoms with Crippen LogP contribution in [-0.4, -0.2) is 69.7 Å². The summed E-state index contributed by atoms with van der Waals surface area (Å²) in [4.78, 5) is 21.0. The molecular weight excluding hydrogens is 402 g/mol. The third kappa shape index (κ3) is 5.94. The van der Waals surface area contributed by atoms with E-state index in [2.05, 4.69) is 27.4 Å². The molecule has 1 aromatic rings. The van der Waals surface area contributed by atoms with Crippen molar-refractivity contribution in [3.63, 3.8) is 0 Å². The van der Waals surface area contributed by atoms with E-state index in [0.717, 1.165) is 56.4 Å². The highest BCUT2D eigenvalue weighted by molar-refractivity contribution is 6.30. The van der Waals surface area contributed by atoms with E-state index in [4.69, 9.17) is 16.3 Å². The molecule has 0 saturated carbocycles. The van der Waals surface area contributed by atoms with Crippen LogP contribution in [0.1, 0.15) is 32.6 Å². The first kappa shape index (κ1) is 22.5. The Hall–Kier alpha value is -2.15. The second-order valence-electron chi connectivity index (χ2n) is 8.23. The molecule has 8 heteroatoms.